The van der Waals surface area contributed by atoms with Crippen LogP contribution in [0, 0.1) is 23.7 Å². The molecule has 0 amide bonds. The van der Waals surface area contributed by atoms with Crippen LogP contribution in [0.25, 0.3) is 6.08 Å². The molecule has 0 radical (unpaired) electrons. The number of hydrogen-bond donors (Lipinski definition) is 1. The lowest BCUT2D eigenvalue weighted by Gasteiger charge is -2.22. The molecule has 1 saturated carbocycles. The molecule has 0 saturated heterocycles. The quantitative estimate of drug-likeness (QED) is 0.567. The van der Waals surface area contributed by atoms with Gasteiger partial charge in [-0.15, -0.1) is 0 Å². The highest BCUT2D eigenvalue weighted by molar-refractivity contribution is 6.10. The Bertz CT molecular complexity index is 1050. The van der Waals surface area contributed by atoms with Gasteiger partial charge in [-0.25, -0.2) is 0 Å². The Balaban J connectivity index is 1.45. The molecule has 0 heterocycles. The van der Waals surface area contributed by atoms with E-state index in [1.54, 1.807) is 18.2 Å². The van der Waals surface area contributed by atoms with Crippen molar-refractivity contribution < 1.29 is 27.9 Å². The summed E-state index contributed by atoms with van der Waals surface area (Å²) >= 11 is 0. The van der Waals surface area contributed by atoms with E-state index in [4.69, 9.17) is 0 Å². The Morgan fingerprint density at radius 3 is 2.53 bits per heavy atom. The van der Waals surface area contributed by atoms with E-state index in [1.165, 1.54) is 12.1 Å². The molecule has 4 rings (SSSR count). The van der Waals surface area contributed by atoms with E-state index in [2.05, 4.69) is 0 Å². The van der Waals surface area contributed by atoms with Crippen LogP contribution in [0.5, 0.6) is 0 Å². The fourth-order valence-electron chi connectivity index (χ4n) is 4.49. The summed E-state index contributed by atoms with van der Waals surface area (Å²) in [6.07, 6.45) is 1.10. The second-order valence-electron chi connectivity index (χ2n) is 8.99. The van der Waals surface area contributed by atoms with Gasteiger partial charge in [-0.2, -0.15) is 13.2 Å². The summed E-state index contributed by atoms with van der Waals surface area (Å²) in [5.41, 5.74) is 1.82. The van der Waals surface area contributed by atoms with Crippen molar-refractivity contribution in [2.45, 2.75) is 32.4 Å². The highest BCUT2D eigenvalue weighted by Crippen LogP contribution is 2.44. The van der Waals surface area contributed by atoms with Gasteiger partial charge in [0.2, 0.25) is 0 Å². The molecule has 4 atom stereocenters. The largest absolute Gasteiger partial charge is 0.416 e. The zero-order chi connectivity index (χ0) is 23.0. The monoisotopic (exact) mass is 442 g/mol. The molecule has 2 aromatic rings. The molecule has 0 aliphatic heterocycles. The molecule has 2 unspecified atom stereocenters. The third-order valence-electron chi connectivity index (χ3n) is 6.48. The highest BCUT2D eigenvalue weighted by atomic mass is 19.4. The molecule has 1 N–H and O–H groups in total. The number of carbonyl (C=O) groups is 2. The van der Waals surface area contributed by atoms with Gasteiger partial charge in [0.1, 0.15) is 0 Å². The molecule has 2 aliphatic rings. The molecule has 0 spiro atoms. The summed E-state index contributed by atoms with van der Waals surface area (Å²) in [5.74, 6) is -0.426. The summed E-state index contributed by atoms with van der Waals surface area (Å²) in [7, 11) is 0. The zero-order valence-electron chi connectivity index (χ0n) is 17.7. The molecule has 32 heavy (non-hydrogen) atoms. The first-order valence-electron chi connectivity index (χ1n) is 10.9. The highest BCUT2D eigenvalue weighted by Gasteiger charge is 2.44. The number of alkyl halides is 3. The molecule has 3 nitrogen and oxygen atoms in total. The second-order valence-corrected chi connectivity index (χ2v) is 8.99. The number of halogens is 3. The van der Waals surface area contributed by atoms with Gasteiger partial charge >= 0.3 is 6.18 Å². The minimum Gasteiger partial charge on any atom is -0.396 e. The van der Waals surface area contributed by atoms with E-state index in [9.17, 15) is 27.9 Å². The van der Waals surface area contributed by atoms with E-state index < -0.39 is 11.7 Å². The minimum atomic E-state index is -4.36. The van der Waals surface area contributed by atoms with E-state index in [1.807, 2.05) is 19.1 Å². The number of aliphatic hydroxyl groups excluding tert-OH is 1. The zero-order valence-corrected chi connectivity index (χ0v) is 17.7. The van der Waals surface area contributed by atoms with Crippen LogP contribution >= 0.6 is 0 Å². The SMILES string of the molecule is C[C@H](CO)CC1C=Cc2c(cccc2C(=O)[C@H]2CC2Cc2ccc(C(F)(F)F)cc2)C1=O. The number of hydrogen-bond acceptors (Lipinski definition) is 3. The first kappa shape index (κ1) is 22.5. The number of allylic oxidation sites excluding steroid dienone is 1. The van der Waals surface area contributed by atoms with Crippen molar-refractivity contribution in [2.75, 3.05) is 6.61 Å². The summed E-state index contributed by atoms with van der Waals surface area (Å²) in [6.45, 7) is 1.91. The van der Waals surface area contributed by atoms with Gasteiger partial charge < -0.3 is 5.11 Å². The number of ketones is 2. The number of rotatable bonds is 7. The summed E-state index contributed by atoms with van der Waals surface area (Å²) < 4.78 is 38.2. The maximum absolute atomic E-state index is 13.2. The maximum Gasteiger partial charge on any atom is 0.416 e. The Hall–Kier alpha value is -2.73. The third kappa shape index (κ3) is 4.56. The fourth-order valence-corrected chi connectivity index (χ4v) is 4.49. The van der Waals surface area contributed by atoms with Crippen LogP contribution in [-0.2, 0) is 12.6 Å². The van der Waals surface area contributed by atoms with Crippen LogP contribution in [0.2, 0.25) is 0 Å². The average molecular weight is 442 g/mol. The fraction of sp³-hybridized carbons (Fsp3) is 0.385. The Kier molecular flexibility index (Phi) is 6.08. The van der Waals surface area contributed by atoms with Crippen molar-refractivity contribution in [2.24, 2.45) is 23.7 Å². The molecule has 6 heteroatoms. The molecular formula is C26H25F3O3. The van der Waals surface area contributed by atoms with E-state index >= 15 is 0 Å². The van der Waals surface area contributed by atoms with Crippen molar-refractivity contribution in [3.63, 3.8) is 0 Å². The van der Waals surface area contributed by atoms with Crippen LogP contribution in [0.1, 0.15) is 57.2 Å². The topological polar surface area (TPSA) is 54.4 Å². The van der Waals surface area contributed by atoms with Crippen molar-refractivity contribution in [1.29, 1.82) is 0 Å². The third-order valence-corrected chi connectivity index (χ3v) is 6.48. The molecular weight excluding hydrogens is 417 g/mol. The predicted molar refractivity (Wildman–Crippen MR) is 115 cm³/mol. The summed E-state index contributed by atoms with van der Waals surface area (Å²) in [6, 6.07) is 10.3. The molecule has 2 aromatic carbocycles. The number of benzene rings is 2. The first-order valence-corrected chi connectivity index (χ1v) is 10.9. The standard InChI is InChI=1S/C26H25F3O3/c1-15(14-30)11-17-7-10-20-21(24(17)31)3-2-4-22(20)25(32)23-13-18(23)12-16-5-8-19(9-6-16)26(27,28)29/h2-10,15,17-18,23,30H,11-14H2,1H3/t15-,17?,18?,23-/m0/s1. The maximum atomic E-state index is 13.2. The Morgan fingerprint density at radius 1 is 1.16 bits per heavy atom. The van der Waals surface area contributed by atoms with Gasteiger partial charge in [-0.1, -0.05) is 49.4 Å². The molecule has 168 valence electrons. The summed E-state index contributed by atoms with van der Waals surface area (Å²) in [4.78, 5) is 26.1. The first-order chi connectivity index (χ1) is 15.2. The van der Waals surface area contributed by atoms with Gasteiger partial charge in [0.05, 0.1) is 5.56 Å². The van der Waals surface area contributed by atoms with Gasteiger partial charge in [-0.3, -0.25) is 9.59 Å². The predicted octanol–water partition coefficient (Wildman–Crippen LogP) is 5.61. The van der Waals surface area contributed by atoms with Crippen LogP contribution in [0.15, 0.2) is 48.5 Å². The van der Waals surface area contributed by atoms with Gasteiger partial charge in [0.15, 0.2) is 11.6 Å². The van der Waals surface area contributed by atoms with Crippen molar-refractivity contribution in [3.05, 3.63) is 76.4 Å². The van der Waals surface area contributed by atoms with Crippen LogP contribution in [0.3, 0.4) is 0 Å². The van der Waals surface area contributed by atoms with Gasteiger partial charge in [0.25, 0.3) is 0 Å². The number of aliphatic hydroxyl groups is 1. The lowest BCUT2D eigenvalue weighted by Crippen LogP contribution is -2.22. The number of carbonyl (C=O) groups excluding carboxylic acids is 2. The van der Waals surface area contributed by atoms with Crippen molar-refractivity contribution in [3.8, 4) is 0 Å². The molecule has 0 aromatic heterocycles. The minimum absolute atomic E-state index is 0.0115. The second kappa shape index (κ2) is 8.66. The Morgan fingerprint density at radius 2 is 1.88 bits per heavy atom. The number of Topliss-reactive ketones (excluding diaryl/α,β-unsaturated/α-hetero) is 2. The van der Waals surface area contributed by atoms with Crippen molar-refractivity contribution in [1.82, 2.24) is 0 Å². The number of fused-ring (bicyclic) bond motifs is 1. The molecule has 2 aliphatic carbocycles. The summed E-state index contributed by atoms with van der Waals surface area (Å²) in [5, 5.41) is 9.28. The van der Waals surface area contributed by atoms with E-state index in [0.717, 1.165) is 17.7 Å². The van der Waals surface area contributed by atoms with Gasteiger partial charge in [0, 0.05) is 29.6 Å². The van der Waals surface area contributed by atoms with Gasteiger partial charge in [-0.05, 0) is 54.4 Å². The lowest BCUT2D eigenvalue weighted by molar-refractivity contribution is -0.137. The van der Waals surface area contributed by atoms with E-state index in [-0.39, 0.29) is 41.8 Å². The van der Waals surface area contributed by atoms with Crippen LogP contribution < -0.4 is 0 Å². The van der Waals surface area contributed by atoms with E-state index in [0.29, 0.717) is 36.0 Å². The normalized spacial score (nSPS) is 23.0. The lowest BCUT2D eigenvalue weighted by atomic mass is 9.81. The smallest absolute Gasteiger partial charge is 0.396 e. The van der Waals surface area contributed by atoms with Crippen LogP contribution in [-0.4, -0.2) is 23.3 Å². The van der Waals surface area contributed by atoms with Crippen molar-refractivity contribution >= 4 is 17.6 Å². The van der Waals surface area contributed by atoms with Crippen LogP contribution in [0.4, 0.5) is 13.2 Å². The molecule has 0 bridgehead atoms. The Labute approximate surface area is 185 Å². The average Bonchev–Trinajstić information content (AvgIpc) is 3.53. The molecule has 1 fully saturated rings.